The van der Waals surface area contributed by atoms with E-state index in [4.69, 9.17) is 4.74 Å². The van der Waals surface area contributed by atoms with Gasteiger partial charge in [0.25, 0.3) is 0 Å². The number of methoxy groups -OCH3 is 1. The summed E-state index contributed by atoms with van der Waals surface area (Å²) in [6.07, 6.45) is 0. The van der Waals surface area contributed by atoms with E-state index in [1.165, 1.54) is 16.7 Å². The van der Waals surface area contributed by atoms with Crippen LogP contribution in [0.15, 0.2) is 40.9 Å². The zero-order valence-electron chi connectivity index (χ0n) is 12.3. The van der Waals surface area contributed by atoms with Crippen molar-refractivity contribution in [2.45, 2.75) is 26.8 Å². The Kier molecular flexibility index (Phi) is 4.71. The van der Waals surface area contributed by atoms with Gasteiger partial charge in [0.05, 0.1) is 7.11 Å². The van der Waals surface area contributed by atoms with E-state index in [-0.39, 0.29) is 6.04 Å². The van der Waals surface area contributed by atoms with Gasteiger partial charge < -0.3 is 10.1 Å². The Morgan fingerprint density at radius 1 is 1.10 bits per heavy atom. The Bertz CT molecular complexity index is 610. The largest absolute Gasteiger partial charge is 0.497 e. The second kappa shape index (κ2) is 6.31. The third-order valence-corrected chi connectivity index (χ3v) is 3.84. The summed E-state index contributed by atoms with van der Waals surface area (Å²) < 4.78 is 6.30. The molecule has 2 nitrogen and oxygen atoms in total. The van der Waals surface area contributed by atoms with Crippen LogP contribution in [0.4, 0.5) is 5.69 Å². The van der Waals surface area contributed by atoms with Crippen molar-refractivity contribution in [3.8, 4) is 5.75 Å². The van der Waals surface area contributed by atoms with Crippen molar-refractivity contribution in [3.05, 3.63) is 57.6 Å². The van der Waals surface area contributed by atoms with Crippen LogP contribution in [0.3, 0.4) is 0 Å². The predicted octanol–water partition coefficient (Wildman–Crippen LogP) is 5.25. The molecule has 2 aromatic rings. The molecule has 0 heterocycles. The van der Waals surface area contributed by atoms with Crippen molar-refractivity contribution in [1.82, 2.24) is 0 Å². The minimum absolute atomic E-state index is 0.245. The molecule has 0 aromatic heterocycles. The maximum Gasteiger partial charge on any atom is 0.122 e. The van der Waals surface area contributed by atoms with Gasteiger partial charge in [0.2, 0.25) is 0 Å². The van der Waals surface area contributed by atoms with Gasteiger partial charge in [-0.2, -0.15) is 0 Å². The summed E-state index contributed by atoms with van der Waals surface area (Å²) in [5.41, 5.74) is 4.97. The van der Waals surface area contributed by atoms with Crippen LogP contribution < -0.4 is 10.1 Å². The second-order valence-corrected chi connectivity index (χ2v) is 6.02. The van der Waals surface area contributed by atoms with Gasteiger partial charge >= 0.3 is 0 Å². The van der Waals surface area contributed by atoms with E-state index in [1.54, 1.807) is 7.11 Å². The number of hydrogen-bond acceptors (Lipinski definition) is 2. The number of halogens is 1. The van der Waals surface area contributed by atoms with Crippen LogP contribution in [-0.4, -0.2) is 7.11 Å². The van der Waals surface area contributed by atoms with Crippen molar-refractivity contribution in [2.75, 3.05) is 12.4 Å². The first-order chi connectivity index (χ1) is 9.49. The molecule has 0 fully saturated rings. The number of benzene rings is 2. The summed E-state index contributed by atoms with van der Waals surface area (Å²) in [5, 5.41) is 3.52. The van der Waals surface area contributed by atoms with Crippen LogP contribution in [0.1, 0.15) is 29.7 Å². The molecular formula is C17H20BrNO. The molecular weight excluding hydrogens is 314 g/mol. The molecule has 106 valence electrons. The summed E-state index contributed by atoms with van der Waals surface area (Å²) in [4.78, 5) is 0. The molecule has 0 radical (unpaired) electrons. The van der Waals surface area contributed by atoms with Crippen molar-refractivity contribution in [2.24, 2.45) is 0 Å². The SMILES string of the molecule is COc1cc(Br)cc(NC(C)c2ccc(C)cc2C)c1. The Morgan fingerprint density at radius 2 is 1.85 bits per heavy atom. The standard InChI is InChI=1S/C17H20BrNO/c1-11-5-6-17(12(2)7-11)13(3)19-15-8-14(18)9-16(10-15)20-4/h5-10,13,19H,1-4H3. The van der Waals surface area contributed by atoms with E-state index in [9.17, 15) is 0 Å². The Hall–Kier alpha value is -1.48. The van der Waals surface area contributed by atoms with Crippen molar-refractivity contribution < 1.29 is 4.74 Å². The first-order valence-electron chi connectivity index (χ1n) is 6.68. The van der Waals surface area contributed by atoms with E-state index in [2.05, 4.69) is 66.3 Å². The molecule has 0 bridgehead atoms. The third kappa shape index (κ3) is 3.54. The van der Waals surface area contributed by atoms with Gasteiger partial charge in [0.1, 0.15) is 5.75 Å². The highest BCUT2D eigenvalue weighted by Gasteiger charge is 2.09. The van der Waals surface area contributed by atoms with Crippen LogP contribution in [0, 0.1) is 13.8 Å². The molecule has 0 saturated heterocycles. The first kappa shape index (κ1) is 14.9. The highest BCUT2D eigenvalue weighted by atomic mass is 79.9. The molecule has 0 aliphatic carbocycles. The quantitative estimate of drug-likeness (QED) is 0.825. The van der Waals surface area contributed by atoms with Gasteiger partial charge in [-0.05, 0) is 44.0 Å². The maximum atomic E-state index is 5.29. The van der Waals surface area contributed by atoms with E-state index in [0.29, 0.717) is 0 Å². The van der Waals surface area contributed by atoms with E-state index >= 15 is 0 Å². The Morgan fingerprint density at radius 3 is 2.50 bits per heavy atom. The number of nitrogens with one attached hydrogen (secondary N) is 1. The lowest BCUT2D eigenvalue weighted by Gasteiger charge is -2.19. The smallest absolute Gasteiger partial charge is 0.122 e. The third-order valence-electron chi connectivity index (χ3n) is 3.38. The fourth-order valence-electron chi connectivity index (χ4n) is 2.40. The molecule has 3 heteroatoms. The van der Waals surface area contributed by atoms with E-state index in [0.717, 1.165) is 15.9 Å². The van der Waals surface area contributed by atoms with Crippen LogP contribution >= 0.6 is 15.9 Å². The molecule has 1 unspecified atom stereocenters. The van der Waals surface area contributed by atoms with Gasteiger partial charge in [-0.25, -0.2) is 0 Å². The van der Waals surface area contributed by atoms with Crippen LogP contribution in [0.25, 0.3) is 0 Å². The van der Waals surface area contributed by atoms with Gasteiger partial charge in [-0.1, -0.05) is 39.7 Å². The lowest BCUT2D eigenvalue weighted by Crippen LogP contribution is -2.08. The molecule has 0 amide bonds. The number of hydrogen-bond donors (Lipinski definition) is 1. The first-order valence-corrected chi connectivity index (χ1v) is 7.47. The normalized spacial score (nSPS) is 12.1. The fraction of sp³-hybridized carbons (Fsp3) is 0.294. The van der Waals surface area contributed by atoms with Gasteiger partial charge in [0.15, 0.2) is 0 Å². The number of anilines is 1. The summed E-state index contributed by atoms with van der Waals surface area (Å²) >= 11 is 3.50. The van der Waals surface area contributed by atoms with Gasteiger partial charge in [0, 0.05) is 22.3 Å². The molecule has 1 N–H and O–H groups in total. The van der Waals surface area contributed by atoms with Gasteiger partial charge in [-0.3, -0.25) is 0 Å². The fourth-order valence-corrected chi connectivity index (χ4v) is 2.88. The molecule has 1 atom stereocenters. The van der Waals surface area contributed by atoms with Crippen LogP contribution in [0.5, 0.6) is 5.75 Å². The topological polar surface area (TPSA) is 21.3 Å². The maximum absolute atomic E-state index is 5.29. The number of ether oxygens (including phenoxy) is 1. The van der Waals surface area contributed by atoms with E-state index in [1.807, 2.05) is 12.1 Å². The van der Waals surface area contributed by atoms with Gasteiger partial charge in [-0.15, -0.1) is 0 Å². The van der Waals surface area contributed by atoms with Crippen LogP contribution in [0.2, 0.25) is 0 Å². The second-order valence-electron chi connectivity index (χ2n) is 5.11. The Labute approximate surface area is 129 Å². The zero-order chi connectivity index (χ0) is 14.7. The highest BCUT2D eigenvalue weighted by Crippen LogP contribution is 2.28. The number of rotatable bonds is 4. The molecule has 2 rings (SSSR count). The molecule has 0 aliphatic rings. The molecule has 20 heavy (non-hydrogen) atoms. The number of aryl methyl sites for hydroxylation is 2. The minimum Gasteiger partial charge on any atom is -0.497 e. The lowest BCUT2D eigenvalue weighted by molar-refractivity contribution is 0.414. The minimum atomic E-state index is 0.245. The highest BCUT2D eigenvalue weighted by molar-refractivity contribution is 9.10. The molecule has 2 aromatic carbocycles. The van der Waals surface area contributed by atoms with Crippen molar-refractivity contribution in [1.29, 1.82) is 0 Å². The summed E-state index contributed by atoms with van der Waals surface area (Å²) in [6.45, 7) is 6.45. The molecule has 0 spiro atoms. The average Bonchev–Trinajstić information content (AvgIpc) is 2.37. The lowest BCUT2D eigenvalue weighted by atomic mass is 10.00. The molecule has 0 saturated carbocycles. The summed E-state index contributed by atoms with van der Waals surface area (Å²) in [5.74, 6) is 0.842. The monoisotopic (exact) mass is 333 g/mol. The van der Waals surface area contributed by atoms with Crippen molar-refractivity contribution in [3.63, 3.8) is 0 Å². The summed E-state index contributed by atoms with van der Waals surface area (Å²) in [6, 6.07) is 12.8. The average molecular weight is 334 g/mol. The molecule has 0 aliphatic heterocycles. The van der Waals surface area contributed by atoms with E-state index < -0.39 is 0 Å². The van der Waals surface area contributed by atoms with Crippen molar-refractivity contribution >= 4 is 21.6 Å². The van der Waals surface area contributed by atoms with Crippen LogP contribution in [-0.2, 0) is 0 Å². The Balaban J connectivity index is 2.22. The zero-order valence-corrected chi connectivity index (χ0v) is 13.9. The summed E-state index contributed by atoms with van der Waals surface area (Å²) in [7, 11) is 1.68. The predicted molar refractivity (Wildman–Crippen MR) is 88.6 cm³/mol.